The minimum Gasteiger partial charge on any atom is -0.457 e. The molecule has 0 atom stereocenters. The summed E-state index contributed by atoms with van der Waals surface area (Å²) in [5.74, 6) is -0.616. The van der Waals surface area contributed by atoms with Gasteiger partial charge in [-0.25, -0.2) is 17.9 Å². The number of carbonyl (C=O) groups is 1. The Morgan fingerprint density at radius 2 is 1.88 bits per heavy atom. The Morgan fingerprint density at radius 3 is 2.56 bits per heavy atom. The van der Waals surface area contributed by atoms with Crippen LogP contribution in [0.25, 0.3) is 0 Å². The van der Waals surface area contributed by atoms with E-state index in [1.807, 2.05) is 0 Å². The van der Waals surface area contributed by atoms with Gasteiger partial charge in [0.15, 0.2) is 0 Å². The van der Waals surface area contributed by atoms with E-state index in [0.29, 0.717) is 15.6 Å². The van der Waals surface area contributed by atoms with Crippen molar-refractivity contribution in [1.82, 2.24) is 4.72 Å². The third kappa shape index (κ3) is 4.73. The van der Waals surface area contributed by atoms with Crippen molar-refractivity contribution in [2.45, 2.75) is 30.4 Å². The van der Waals surface area contributed by atoms with Crippen molar-refractivity contribution in [2.75, 3.05) is 0 Å². The van der Waals surface area contributed by atoms with Crippen LogP contribution in [0.1, 0.15) is 28.8 Å². The maximum Gasteiger partial charge on any atom is 0.338 e. The number of halogens is 2. The minimum atomic E-state index is -3.62. The van der Waals surface area contributed by atoms with Crippen LogP contribution < -0.4 is 4.72 Å². The number of benzene rings is 2. The van der Waals surface area contributed by atoms with Crippen LogP contribution in [0.15, 0.2) is 47.4 Å². The molecule has 0 radical (unpaired) electrons. The Morgan fingerprint density at radius 1 is 1.12 bits per heavy atom. The van der Waals surface area contributed by atoms with Crippen molar-refractivity contribution in [3.8, 4) is 0 Å². The van der Waals surface area contributed by atoms with Crippen molar-refractivity contribution >= 4 is 39.2 Å². The number of rotatable bonds is 6. The molecule has 5 nitrogen and oxygen atoms in total. The lowest BCUT2D eigenvalue weighted by molar-refractivity contribution is 0.0472. The first kappa shape index (κ1) is 18.2. The number of ether oxygens (including phenoxy) is 1. The lowest BCUT2D eigenvalue weighted by atomic mass is 10.2. The molecule has 0 heterocycles. The fraction of sp³-hybridized carbons (Fsp3) is 0.235. The van der Waals surface area contributed by atoms with Crippen LogP contribution in [0.5, 0.6) is 0 Å². The monoisotopic (exact) mass is 399 g/mol. The van der Waals surface area contributed by atoms with Gasteiger partial charge in [-0.05, 0) is 48.7 Å². The van der Waals surface area contributed by atoms with Crippen LogP contribution in [0.4, 0.5) is 0 Å². The third-order valence-corrected chi connectivity index (χ3v) is 5.89. The van der Waals surface area contributed by atoms with Crippen LogP contribution >= 0.6 is 23.2 Å². The van der Waals surface area contributed by atoms with Crippen molar-refractivity contribution < 1.29 is 17.9 Å². The van der Waals surface area contributed by atoms with Gasteiger partial charge in [0.1, 0.15) is 6.61 Å². The first-order valence-electron chi connectivity index (χ1n) is 7.58. The summed E-state index contributed by atoms with van der Waals surface area (Å²) in [5, 5.41) is 0.785. The summed E-state index contributed by atoms with van der Waals surface area (Å²) in [6.45, 7) is 0.00697. The average molecular weight is 400 g/mol. The summed E-state index contributed by atoms with van der Waals surface area (Å²) in [6, 6.07) is 10.7. The first-order chi connectivity index (χ1) is 11.8. The van der Waals surface area contributed by atoms with Crippen molar-refractivity contribution in [3.63, 3.8) is 0 Å². The number of esters is 1. The van der Waals surface area contributed by atoms with Gasteiger partial charge in [-0.15, -0.1) is 0 Å². The number of hydrogen-bond acceptors (Lipinski definition) is 4. The molecule has 0 spiro atoms. The molecule has 3 rings (SSSR count). The largest absolute Gasteiger partial charge is 0.457 e. The van der Waals surface area contributed by atoms with Gasteiger partial charge >= 0.3 is 5.97 Å². The van der Waals surface area contributed by atoms with E-state index in [9.17, 15) is 13.2 Å². The highest BCUT2D eigenvalue weighted by Gasteiger charge is 2.28. The standard InChI is InChI=1S/C17H15Cl2NO4S/c18-15-7-4-11(8-16(15)19)10-24-17(21)12-2-1-3-14(9-12)25(22,23)20-13-5-6-13/h1-4,7-9,13,20H,5-6,10H2. The van der Waals surface area contributed by atoms with Gasteiger partial charge < -0.3 is 4.74 Å². The van der Waals surface area contributed by atoms with E-state index in [1.54, 1.807) is 18.2 Å². The number of hydrogen-bond donors (Lipinski definition) is 1. The molecule has 1 aliphatic rings. The Bertz CT molecular complexity index is 911. The van der Waals surface area contributed by atoms with E-state index in [-0.39, 0.29) is 23.1 Å². The predicted molar refractivity (Wildman–Crippen MR) is 95.4 cm³/mol. The molecule has 0 saturated heterocycles. The zero-order chi connectivity index (χ0) is 18.0. The summed E-state index contributed by atoms with van der Waals surface area (Å²) in [4.78, 5) is 12.2. The van der Waals surface area contributed by atoms with Gasteiger partial charge in [-0.3, -0.25) is 0 Å². The van der Waals surface area contributed by atoms with Gasteiger partial charge in [0.2, 0.25) is 10.0 Å². The van der Waals surface area contributed by atoms with Crippen LogP contribution in [0.2, 0.25) is 10.0 Å². The van der Waals surface area contributed by atoms with E-state index >= 15 is 0 Å². The molecular weight excluding hydrogens is 385 g/mol. The van der Waals surface area contributed by atoms with E-state index < -0.39 is 16.0 Å². The molecule has 0 amide bonds. The second-order valence-corrected chi connectivity index (χ2v) is 8.28. The molecular formula is C17H15Cl2NO4S. The smallest absolute Gasteiger partial charge is 0.338 e. The topological polar surface area (TPSA) is 72.5 Å². The van der Waals surface area contributed by atoms with E-state index in [0.717, 1.165) is 12.8 Å². The van der Waals surface area contributed by atoms with Crippen LogP contribution in [0.3, 0.4) is 0 Å². The molecule has 0 unspecified atom stereocenters. The van der Waals surface area contributed by atoms with E-state index in [4.69, 9.17) is 27.9 Å². The molecule has 8 heteroatoms. The molecule has 1 aliphatic carbocycles. The van der Waals surface area contributed by atoms with Gasteiger partial charge in [0, 0.05) is 6.04 Å². The predicted octanol–water partition coefficient (Wildman–Crippen LogP) is 3.79. The fourth-order valence-corrected chi connectivity index (χ4v) is 3.81. The van der Waals surface area contributed by atoms with Crippen molar-refractivity contribution in [2.24, 2.45) is 0 Å². The quantitative estimate of drug-likeness (QED) is 0.749. The zero-order valence-electron chi connectivity index (χ0n) is 13.0. The molecule has 0 aromatic heterocycles. The Labute approximate surface area is 155 Å². The lowest BCUT2D eigenvalue weighted by Gasteiger charge is -2.08. The van der Waals surface area contributed by atoms with Crippen LogP contribution in [-0.4, -0.2) is 20.4 Å². The van der Waals surface area contributed by atoms with Gasteiger partial charge in [-0.2, -0.15) is 0 Å². The number of nitrogens with one attached hydrogen (secondary N) is 1. The van der Waals surface area contributed by atoms with Crippen LogP contribution in [0, 0.1) is 0 Å². The molecule has 1 N–H and O–H groups in total. The number of carbonyl (C=O) groups excluding carboxylic acids is 1. The second-order valence-electron chi connectivity index (χ2n) is 5.75. The van der Waals surface area contributed by atoms with Gasteiger partial charge in [-0.1, -0.05) is 35.3 Å². The van der Waals surface area contributed by atoms with E-state index in [2.05, 4.69) is 4.72 Å². The highest BCUT2D eigenvalue weighted by Crippen LogP contribution is 2.24. The fourth-order valence-electron chi connectivity index (χ4n) is 2.14. The maximum absolute atomic E-state index is 12.2. The molecule has 132 valence electrons. The molecule has 2 aromatic rings. The van der Waals surface area contributed by atoms with Crippen molar-refractivity contribution in [1.29, 1.82) is 0 Å². The molecule has 2 aromatic carbocycles. The molecule has 1 fully saturated rings. The molecule has 0 bridgehead atoms. The van der Waals surface area contributed by atoms with Gasteiger partial charge in [0.05, 0.1) is 20.5 Å². The summed E-state index contributed by atoms with van der Waals surface area (Å²) in [7, 11) is -3.62. The Kier molecular flexibility index (Phi) is 5.34. The first-order valence-corrected chi connectivity index (χ1v) is 9.82. The molecule has 0 aliphatic heterocycles. The lowest BCUT2D eigenvalue weighted by Crippen LogP contribution is -2.25. The van der Waals surface area contributed by atoms with Gasteiger partial charge in [0.25, 0.3) is 0 Å². The summed E-state index contributed by atoms with van der Waals surface area (Å²) < 4.78 is 32.2. The molecule has 25 heavy (non-hydrogen) atoms. The minimum absolute atomic E-state index is 0.00439. The molecule has 1 saturated carbocycles. The summed E-state index contributed by atoms with van der Waals surface area (Å²) in [5.41, 5.74) is 0.848. The van der Waals surface area contributed by atoms with E-state index in [1.165, 1.54) is 24.3 Å². The maximum atomic E-state index is 12.2. The van der Waals surface area contributed by atoms with Crippen molar-refractivity contribution in [3.05, 3.63) is 63.6 Å². The highest BCUT2D eigenvalue weighted by atomic mass is 35.5. The highest BCUT2D eigenvalue weighted by molar-refractivity contribution is 7.89. The second kappa shape index (κ2) is 7.33. The van der Waals surface area contributed by atoms with Crippen LogP contribution in [-0.2, 0) is 21.4 Å². The third-order valence-electron chi connectivity index (χ3n) is 3.63. The normalized spacial score (nSPS) is 14.3. The Hall–Kier alpha value is -1.60. The SMILES string of the molecule is O=C(OCc1ccc(Cl)c(Cl)c1)c1cccc(S(=O)(=O)NC2CC2)c1. The summed E-state index contributed by atoms with van der Waals surface area (Å²) in [6.07, 6.45) is 1.68. The zero-order valence-corrected chi connectivity index (χ0v) is 15.4. The Balaban J connectivity index is 1.69. The average Bonchev–Trinajstić information content (AvgIpc) is 3.39. The summed E-state index contributed by atoms with van der Waals surface area (Å²) >= 11 is 11.8. The number of sulfonamides is 1.